The van der Waals surface area contributed by atoms with Gasteiger partial charge in [-0.1, -0.05) is 6.08 Å². The van der Waals surface area contributed by atoms with Gasteiger partial charge in [-0.2, -0.15) is 0 Å². The molecule has 0 bridgehead atoms. The Morgan fingerprint density at radius 1 is 1.39 bits per heavy atom. The summed E-state index contributed by atoms with van der Waals surface area (Å²) in [5.74, 6) is -2.06. The molecule has 1 aliphatic rings. The van der Waals surface area contributed by atoms with Gasteiger partial charge in [0, 0.05) is 19.7 Å². The Balaban J connectivity index is 0.000000631. The van der Waals surface area contributed by atoms with Crippen molar-refractivity contribution in [2.24, 2.45) is 5.92 Å². The number of carboxylic acid groups (broad SMARTS) is 2. The molecule has 2 N–H and O–H groups in total. The minimum Gasteiger partial charge on any atom is -0.481 e. The number of hydrogen-bond donors (Lipinski definition) is 2. The summed E-state index contributed by atoms with van der Waals surface area (Å²) in [6.45, 7) is 6.68. The van der Waals surface area contributed by atoms with Gasteiger partial charge in [0.1, 0.15) is 0 Å². The monoisotopic (exact) mass is 255 g/mol. The van der Waals surface area contributed by atoms with Crippen LogP contribution in [0.5, 0.6) is 0 Å². The molecular weight excluding hydrogens is 238 g/mol. The zero-order valence-corrected chi connectivity index (χ0v) is 10.4. The molecule has 0 aliphatic carbocycles. The molecule has 6 nitrogen and oxygen atoms in total. The van der Waals surface area contributed by atoms with Gasteiger partial charge in [0.2, 0.25) is 5.91 Å². The van der Waals surface area contributed by atoms with E-state index in [4.69, 9.17) is 15.0 Å². The molecule has 6 heteroatoms. The van der Waals surface area contributed by atoms with Crippen molar-refractivity contribution in [1.82, 2.24) is 4.90 Å². The fourth-order valence-electron chi connectivity index (χ4n) is 1.36. The molecule has 1 heterocycles. The van der Waals surface area contributed by atoms with Crippen LogP contribution in [0.1, 0.15) is 20.3 Å². The number of aliphatic carboxylic acids is 2. The van der Waals surface area contributed by atoms with Gasteiger partial charge >= 0.3 is 5.97 Å². The number of nitrogens with zero attached hydrogens (tertiary/aromatic N) is 1. The summed E-state index contributed by atoms with van der Waals surface area (Å²) in [4.78, 5) is 32.5. The molecule has 0 saturated carbocycles. The van der Waals surface area contributed by atoms with Gasteiger partial charge in [-0.3, -0.25) is 9.59 Å². The van der Waals surface area contributed by atoms with Gasteiger partial charge in [0.15, 0.2) is 0 Å². The lowest BCUT2D eigenvalue weighted by atomic mass is 10.1. The van der Waals surface area contributed by atoms with Crippen molar-refractivity contribution in [2.75, 3.05) is 6.54 Å². The fourth-order valence-corrected chi connectivity index (χ4v) is 1.36. The van der Waals surface area contributed by atoms with E-state index < -0.39 is 11.9 Å². The molecule has 1 rings (SSSR count). The Kier molecular flexibility index (Phi) is 6.41. The Morgan fingerprint density at radius 3 is 2.22 bits per heavy atom. The third-order valence-corrected chi connectivity index (χ3v) is 2.25. The topological polar surface area (TPSA) is 94.9 Å². The third kappa shape index (κ3) is 5.29. The second-order valence-electron chi connectivity index (χ2n) is 3.80. The van der Waals surface area contributed by atoms with Crippen molar-refractivity contribution in [1.29, 1.82) is 0 Å². The van der Waals surface area contributed by atoms with Crippen LogP contribution in [0.2, 0.25) is 0 Å². The van der Waals surface area contributed by atoms with Gasteiger partial charge in [0.05, 0.1) is 11.5 Å². The SMILES string of the molecule is C=CC1CCN(C=C(C)C(=O)O)C1=O.CC(=O)O. The maximum absolute atomic E-state index is 11.5. The van der Waals surface area contributed by atoms with Crippen molar-refractivity contribution in [3.63, 3.8) is 0 Å². The van der Waals surface area contributed by atoms with Crippen LogP contribution in [0.3, 0.4) is 0 Å². The summed E-state index contributed by atoms with van der Waals surface area (Å²) >= 11 is 0. The average Bonchev–Trinajstić information content (AvgIpc) is 2.59. The van der Waals surface area contributed by atoms with Crippen LogP contribution in [-0.4, -0.2) is 39.5 Å². The van der Waals surface area contributed by atoms with E-state index in [1.165, 1.54) is 18.0 Å². The molecule has 100 valence electrons. The Hall–Kier alpha value is -2.11. The smallest absolute Gasteiger partial charge is 0.332 e. The zero-order valence-electron chi connectivity index (χ0n) is 10.4. The highest BCUT2D eigenvalue weighted by atomic mass is 16.4. The van der Waals surface area contributed by atoms with Crippen molar-refractivity contribution >= 4 is 17.8 Å². The first-order valence-electron chi connectivity index (χ1n) is 5.33. The van der Waals surface area contributed by atoms with Gasteiger partial charge in [-0.15, -0.1) is 6.58 Å². The Morgan fingerprint density at radius 2 is 1.89 bits per heavy atom. The minimum absolute atomic E-state index is 0.0689. The summed E-state index contributed by atoms with van der Waals surface area (Å²) < 4.78 is 0. The van der Waals surface area contributed by atoms with E-state index in [1.54, 1.807) is 6.08 Å². The summed E-state index contributed by atoms with van der Waals surface area (Å²) in [5, 5.41) is 16.0. The van der Waals surface area contributed by atoms with E-state index in [9.17, 15) is 9.59 Å². The van der Waals surface area contributed by atoms with Gasteiger partial charge in [-0.25, -0.2) is 4.79 Å². The van der Waals surface area contributed by atoms with Crippen LogP contribution in [0, 0.1) is 5.92 Å². The van der Waals surface area contributed by atoms with Crippen LogP contribution in [0.4, 0.5) is 0 Å². The lowest BCUT2D eigenvalue weighted by molar-refractivity contribution is -0.135. The first-order chi connectivity index (χ1) is 8.29. The zero-order chi connectivity index (χ0) is 14.3. The van der Waals surface area contributed by atoms with Crippen molar-refractivity contribution < 1.29 is 24.6 Å². The highest BCUT2D eigenvalue weighted by molar-refractivity contribution is 5.88. The maximum atomic E-state index is 11.5. The van der Waals surface area contributed by atoms with E-state index in [-0.39, 0.29) is 17.4 Å². The molecular formula is C12H17NO5. The molecule has 1 amide bonds. The number of rotatable bonds is 3. The number of carbonyl (C=O) groups excluding carboxylic acids is 1. The summed E-state index contributed by atoms with van der Waals surface area (Å²) in [5.41, 5.74) is 0.170. The molecule has 0 aromatic carbocycles. The first kappa shape index (κ1) is 15.9. The van der Waals surface area contributed by atoms with E-state index in [0.29, 0.717) is 13.0 Å². The average molecular weight is 255 g/mol. The molecule has 0 aromatic heterocycles. The molecule has 1 aliphatic heterocycles. The predicted molar refractivity (Wildman–Crippen MR) is 64.7 cm³/mol. The minimum atomic E-state index is -1.00. The highest BCUT2D eigenvalue weighted by Crippen LogP contribution is 2.19. The normalized spacial score (nSPS) is 19.0. The largest absolute Gasteiger partial charge is 0.481 e. The van der Waals surface area contributed by atoms with Crippen LogP contribution >= 0.6 is 0 Å². The van der Waals surface area contributed by atoms with Crippen molar-refractivity contribution in [3.05, 3.63) is 24.4 Å². The van der Waals surface area contributed by atoms with Crippen molar-refractivity contribution in [3.8, 4) is 0 Å². The van der Waals surface area contributed by atoms with E-state index in [0.717, 1.165) is 6.92 Å². The molecule has 1 unspecified atom stereocenters. The molecule has 0 spiro atoms. The molecule has 1 saturated heterocycles. The number of likely N-dealkylation sites (tertiary alicyclic amines) is 1. The maximum Gasteiger partial charge on any atom is 0.332 e. The van der Waals surface area contributed by atoms with Crippen LogP contribution in [-0.2, 0) is 14.4 Å². The highest BCUT2D eigenvalue weighted by Gasteiger charge is 2.28. The second kappa shape index (κ2) is 7.26. The summed E-state index contributed by atoms with van der Waals surface area (Å²) in [6, 6.07) is 0. The van der Waals surface area contributed by atoms with Gasteiger partial charge < -0.3 is 15.1 Å². The van der Waals surface area contributed by atoms with E-state index in [1.807, 2.05) is 0 Å². The van der Waals surface area contributed by atoms with Gasteiger partial charge in [-0.05, 0) is 13.3 Å². The van der Waals surface area contributed by atoms with Crippen molar-refractivity contribution in [2.45, 2.75) is 20.3 Å². The molecule has 0 radical (unpaired) electrons. The number of carboxylic acids is 2. The standard InChI is InChI=1S/C10H13NO3.C2H4O2/c1-3-8-4-5-11(9(8)12)6-7(2)10(13)14;1-2(3)4/h3,6,8H,1,4-5H2,2H3,(H,13,14);1H3,(H,3,4). The quantitative estimate of drug-likeness (QED) is 0.581. The third-order valence-electron chi connectivity index (χ3n) is 2.25. The van der Waals surface area contributed by atoms with Crippen LogP contribution < -0.4 is 0 Å². The van der Waals surface area contributed by atoms with Crippen LogP contribution in [0.15, 0.2) is 24.4 Å². The molecule has 0 aromatic rings. The molecule has 1 fully saturated rings. The summed E-state index contributed by atoms with van der Waals surface area (Å²) in [6.07, 6.45) is 3.70. The Bertz CT molecular complexity index is 382. The van der Waals surface area contributed by atoms with Gasteiger partial charge in [0.25, 0.3) is 5.97 Å². The summed E-state index contributed by atoms with van der Waals surface area (Å²) in [7, 11) is 0. The van der Waals surface area contributed by atoms with Crippen LogP contribution in [0.25, 0.3) is 0 Å². The Labute approximate surface area is 105 Å². The number of amides is 1. The molecule has 1 atom stereocenters. The fraction of sp³-hybridized carbons (Fsp3) is 0.417. The van der Waals surface area contributed by atoms with E-state index in [2.05, 4.69) is 6.58 Å². The molecule has 18 heavy (non-hydrogen) atoms. The first-order valence-corrected chi connectivity index (χ1v) is 5.33. The number of hydrogen-bond acceptors (Lipinski definition) is 3. The lowest BCUT2D eigenvalue weighted by Gasteiger charge is -2.10. The second-order valence-corrected chi connectivity index (χ2v) is 3.80. The van der Waals surface area contributed by atoms with E-state index >= 15 is 0 Å². The number of carbonyl (C=O) groups is 3. The lowest BCUT2D eigenvalue weighted by Crippen LogP contribution is -2.22. The predicted octanol–water partition coefficient (Wildman–Crippen LogP) is 1.10.